The van der Waals surface area contributed by atoms with Gasteiger partial charge in [0.05, 0.1) is 6.20 Å². The van der Waals surface area contributed by atoms with Crippen LogP contribution < -0.4 is 10.2 Å². The third kappa shape index (κ3) is 5.84. The lowest BCUT2D eigenvalue weighted by atomic mass is 10.1. The van der Waals surface area contributed by atoms with Crippen LogP contribution in [-0.2, 0) is 20.1 Å². The monoisotopic (exact) mass is 484 g/mol. The smallest absolute Gasteiger partial charge is 0.317 e. The molecule has 1 saturated heterocycles. The van der Waals surface area contributed by atoms with Gasteiger partial charge in [-0.3, -0.25) is 14.6 Å². The third-order valence-electron chi connectivity index (χ3n) is 6.16. The minimum Gasteiger partial charge on any atom is -0.352 e. The van der Waals surface area contributed by atoms with Gasteiger partial charge >= 0.3 is 6.03 Å². The first-order valence-corrected chi connectivity index (χ1v) is 11.2. The standard InChI is InChI=1S/C24H32N8O.ClH/c1-18-21(16-28-30(18)4)17-31-11-13-32(14-12-31)23-22(25-9-10-26-23)20-7-5-19(6-8-20)15-27-24(33)29(2)3;/h5-10,16H,11-15,17H2,1-4H3,(H,27,33);1H. The lowest BCUT2D eigenvalue weighted by molar-refractivity contribution is 0.217. The lowest BCUT2D eigenvalue weighted by Gasteiger charge is -2.35. The largest absolute Gasteiger partial charge is 0.352 e. The molecule has 182 valence electrons. The molecule has 3 aromatic rings. The number of amides is 2. The number of halogens is 1. The molecule has 3 heterocycles. The molecule has 10 heteroatoms. The number of carbonyl (C=O) groups excluding carboxylic acids is 1. The first-order chi connectivity index (χ1) is 15.9. The van der Waals surface area contributed by atoms with Gasteiger partial charge in [0.1, 0.15) is 5.69 Å². The number of carbonyl (C=O) groups is 1. The van der Waals surface area contributed by atoms with E-state index < -0.39 is 0 Å². The molecule has 2 aromatic heterocycles. The van der Waals surface area contributed by atoms with Crippen molar-refractivity contribution in [2.45, 2.75) is 20.0 Å². The molecule has 9 nitrogen and oxygen atoms in total. The van der Waals surface area contributed by atoms with Crippen LogP contribution in [0.5, 0.6) is 0 Å². The van der Waals surface area contributed by atoms with Gasteiger partial charge in [0.2, 0.25) is 0 Å². The molecule has 0 aliphatic carbocycles. The highest BCUT2D eigenvalue weighted by molar-refractivity contribution is 5.85. The Balaban J connectivity index is 0.00000324. The molecule has 0 radical (unpaired) electrons. The SMILES string of the molecule is Cc1c(CN2CCN(c3nccnc3-c3ccc(CNC(=O)N(C)C)cc3)CC2)cnn1C.Cl. The van der Waals surface area contributed by atoms with Gasteiger partial charge in [-0.1, -0.05) is 24.3 Å². The van der Waals surface area contributed by atoms with Crippen LogP contribution in [0.25, 0.3) is 11.3 Å². The van der Waals surface area contributed by atoms with Crippen LogP contribution in [0.2, 0.25) is 0 Å². The Hall–Kier alpha value is -3.17. The average Bonchev–Trinajstić information content (AvgIpc) is 3.15. The Bertz CT molecular complexity index is 1090. The summed E-state index contributed by atoms with van der Waals surface area (Å²) in [5.41, 5.74) is 5.46. The maximum absolute atomic E-state index is 11.8. The van der Waals surface area contributed by atoms with Crippen LogP contribution in [0.1, 0.15) is 16.8 Å². The molecule has 1 N–H and O–H groups in total. The zero-order chi connectivity index (χ0) is 23.4. The van der Waals surface area contributed by atoms with Crippen LogP contribution >= 0.6 is 12.4 Å². The summed E-state index contributed by atoms with van der Waals surface area (Å²) in [4.78, 5) is 27.4. The van der Waals surface area contributed by atoms with Crippen LogP contribution in [0.3, 0.4) is 0 Å². The Kier molecular flexibility index (Phi) is 8.46. The Labute approximate surface area is 207 Å². The second-order valence-electron chi connectivity index (χ2n) is 8.62. The number of rotatable bonds is 6. The molecule has 0 atom stereocenters. The first kappa shape index (κ1) is 25.5. The van der Waals surface area contributed by atoms with E-state index in [0.717, 1.165) is 55.4 Å². The summed E-state index contributed by atoms with van der Waals surface area (Å²) < 4.78 is 1.93. The highest BCUT2D eigenvalue weighted by atomic mass is 35.5. The number of piperazine rings is 1. The van der Waals surface area contributed by atoms with Crippen molar-refractivity contribution >= 4 is 24.3 Å². The number of aryl methyl sites for hydroxylation is 1. The van der Waals surface area contributed by atoms with Crippen LogP contribution in [0, 0.1) is 6.92 Å². The second-order valence-corrected chi connectivity index (χ2v) is 8.62. The predicted octanol–water partition coefficient (Wildman–Crippen LogP) is 2.70. The van der Waals surface area contributed by atoms with Crippen molar-refractivity contribution in [3.63, 3.8) is 0 Å². The fraction of sp³-hybridized carbons (Fsp3) is 0.417. The Morgan fingerprint density at radius 3 is 2.35 bits per heavy atom. The van der Waals surface area contributed by atoms with E-state index in [1.807, 2.05) is 42.2 Å². The molecule has 0 saturated carbocycles. The van der Waals surface area contributed by atoms with E-state index in [9.17, 15) is 4.79 Å². The lowest BCUT2D eigenvalue weighted by Crippen LogP contribution is -2.46. The zero-order valence-corrected chi connectivity index (χ0v) is 21.0. The van der Waals surface area contributed by atoms with E-state index in [2.05, 4.69) is 37.1 Å². The molecule has 1 aliphatic heterocycles. The predicted molar refractivity (Wildman–Crippen MR) is 136 cm³/mol. The van der Waals surface area contributed by atoms with Gasteiger partial charge in [0.15, 0.2) is 5.82 Å². The van der Waals surface area contributed by atoms with Gasteiger partial charge < -0.3 is 15.1 Å². The van der Waals surface area contributed by atoms with Gasteiger partial charge in [-0.05, 0) is 12.5 Å². The van der Waals surface area contributed by atoms with E-state index in [1.165, 1.54) is 16.2 Å². The Morgan fingerprint density at radius 1 is 1.06 bits per heavy atom. The number of urea groups is 1. The van der Waals surface area contributed by atoms with E-state index >= 15 is 0 Å². The number of hydrogen-bond acceptors (Lipinski definition) is 6. The average molecular weight is 485 g/mol. The van der Waals surface area contributed by atoms with E-state index in [0.29, 0.717) is 6.54 Å². The maximum atomic E-state index is 11.8. The van der Waals surface area contributed by atoms with Crippen molar-refractivity contribution in [1.29, 1.82) is 0 Å². The van der Waals surface area contributed by atoms with Crippen molar-refractivity contribution < 1.29 is 4.79 Å². The third-order valence-corrected chi connectivity index (χ3v) is 6.16. The van der Waals surface area contributed by atoms with Crippen molar-refractivity contribution in [3.8, 4) is 11.3 Å². The molecule has 1 aromatic carbocycles. The Morgan fingerprint density at radius 2 is 1.74 bits per heavy atom. The summed E-state index contributed by atoms with van der Waals surface area (Å²) in [6.07, 6.45) is 5.47. The molecular weight excluding hydrogens is 452 g/mol. The number of hydrogen-bond donors (Lipinski definition) is 1. The molecular formula is C24H33ClN8O. The molecule has 1 fully saturated rings. The summed E-state index contributed by atoms with van der Waals surface area (Å²) in [7, 11) is 5.44. The number of nitrogens with zero attached hydrogens (tertiary/aromatic N) is 7. The fourth-order valence-corrected chi connectivity index (χ4v) is 3.94. The molecule has 0 unspecified atom stereocenters. The van der Waals surface area contributed by atoms with Crippen LogP contribution in [0.4, 0.5) is 10.6 Å². The minimum atomic E-state index is -0.104. The number of benzene rings is 1. The van der Waals surface area contributed by atoms with E-state index in [1.54, 1.807) is 26.5 Å². The molecule has 4 rings (SSSR count). The molecule has 1 aliphatic rings. The van der Waals surface area contributed by atoms with Gasteiger partial charge in [0.25, 0.3) is 0 Å². The van der Waals surface area contributed by atoms with Gasteiger partial charge in [0, 0.05) is 89.6 Å². The topological polar surface area (TPSA) is 82.4 Å². The van der Waals surface area contributed by atoms with Crippen molar-refractivity contribution in [1.82, 2.24) is 34.9 Å². The highest BCUT2D eigenvalue weighted by Crippen LogP contribution is 2.28. The summed E-state index contributed by atoms with van der Waals surface area (Å²) in [5, 5.41) is 7.25. The summed E-state index contributed by atoms with van der Waals surface area (Å²) in [6, 6.07) is 8.04. The van der Waals surface area contributed by atoms with Crippen LogP contribution in [0.15, 0.2) is 42.9 Å². The summed E-state index contributed by atoms with van der Waals surface area (Å²) in [6.45, 7) is 7.27. The van der Waals surface area contributed by atoms with Crippen molar-refractivity contribution in [3.05, 3.63) is 59.7 Å². The number of anilines is 1. The van der Waals surface area contributed by atoms with Gasteiger partial charge in [-0.2, -0.15) is 5.10 Å². The van der Waals surface area contributed by atoms with Crippen LogP contribution in [-0.4, -0.2) is 75.9 Å². The first-order valence-electron chi connectivity index (χ1n) is 11.2. The quantitative estimate of drug-likeness (QED) is 0.579. The van der Waals surface area contributed by atoms with E-state index in [4.69, 9.17) is 0 Å². The van der Waals surface area contributed by atoms with Crippen molar-refractivity contribution in [2.75, 3.05) is 45.2 Å². The molecule has 0 bridgehead atoms. The summed E-state index contributed by atoms with van der Waals surface area (Å²) >= 11 is 0. The highest BCUT2D eigenvalue weighted by Gasteiger charge is 2.22. The summed E-state index contributed by atoms with van der Waals surface area (Å²) in [5.74, 6) is 0.920. The fourth-order valence-electron chi connectivity index (χ4n) is 3.94. The minimum absolute atomic E-state index is 0. The second kappa shape index (κ2) is 11.3. The number of aromatic nitrogens is 4. The van der Waals surface area contributed by atoms with E-state index in [-0.39, 0.29) is 18.4 Å². The molecule has 34 heavy (non-hydrogen) atoms. The maximum Gasteiger partial charge on any atom is 0.317 e. The van der Waals surface area contributed by atoms with Crippen molar-refractivity contribution in [2.24, 2.45) is 7.05 Å². The zero-order valence-electron chi connectivity index (χ0n) is 20.2. The molecule has 2 amide bonds. The van der Waals surface area contributed by atoms with Gasteiger partial charge in [-0.25, -0.2) is 9.78 Å². The van der Waals surface area contributed by atoms with Gasteiger partial charge in [-0.15, -0.1) is 12.4 Å². The number of nitrogens with one attached hydrogen (secondary N) is 1. The normalized spacial score (nSPS) is 13.9. The molecule has 0 spiro atoms.